The maximum atomic E-state index is 9.67. The first-order valence-corrected chi connectivity index (χ1v) is 6.46. The molecule has 0 aliphatic heterocycles. The van der Waals surface area contributed by atoms with Crippen LogP contribution in [0, 0.1) is 25.2 Å². The number of rotatable bonds is 3. The molecule has 0 aliphatic rings. The van der Waals surface area contributed by atoms with Crippen molar-refractivity contribution in [2.45, 2.75) is 13.8 Å². The van der Waals surface area contributed by atoms with Crippen molar-refractivity contribution in [3.63, 3.8) is 0 Å². The summed E-state index contributed by atoms with van der Waals surface area (Å²) in [6, 6.07) is 5.19. The van der Waals surface area contributed by atoms with Crippen molar-refractivity contribution in [1.29, 1.82) is 5.26 Å². The minimum atomic E-state index is -0.126. The Morgan fingerprint density at radius 3 is 2.76 bits per heavy atom. The molecule has 0 fully saturated rings. The summed E-state index contributed by atoms with van der Waals surface area (Å²) >= 11 is 5.90. The summed E-state index contributed by atoms with van der Waals surface area (Å²) in [5.74, 6) is 1.02. The van der Waals surface area contributed by atoms with E-state index in [-0.39, 0.29) is 22.4 Å². The predicted molar refractivity (Wildman–Crippen MR) is 79.8 cm³/mol. The third-order valence-electron chi connectivity index (χ3n) is 3.08. The quantitative estimate of drug-likeness (QED) is 0.873. The zero-order chi connectivity index (χ0) is 15.6. The van der Waals surface area contributed by atoms with E-state index < -0.39 is 0 Å². The lowest BCUT2D eigenvalue weighted by Gasteiger charge is -2.05. The van der Waals surface area contributed by atoms with E-state index in [0.29, 0.717) is 16.9 Å². The number of halogens is 1. The second-order valence-electron chi connectivity index (χ2n) is 4.39. The van der Waals surface area contributed by atoms with Crippen LogP contribution in [0.25, 0.3) is 0 Å². The average Bonchev–Trinajstić information content (AvgIpc) is 2.74. The van der Waals surface area contributed by atoms with Crippen LogP contribution in [0.4, 0.5) is 5.88 Å². The summed E-state index contributed by atoms with van der Waals surface area (Å²) in [5.41, 5.74) is 1.79. The maximum absolute atomic E-state index is 9.67. The highest BCUT2D eigenvalue weighted by Gasteiger charge is 2.13. The molecule has 0 amide bonds. The molecule has 0 unspecified atom stereocenters. The van der Waals surface area contributed by atoms with Crippen LogP contribution in [-0.4, -0.2) is 18.4 Å². The van der Waals surface area contributed by atoms with Crippen molar-refractivity contribution < 1.29 is 14.3 Å². The fraction of sp³-hybridized carbons (Fsp3) is 0.200. The number of aliphatic imine (C=N–C) groups is 1. The van der Waals surface area contributed by atoms with Crippen molar-refractivity contribution in [3.05, 3.63) is 39.6 Å². The van der Waals surface area contributed by atoms with E-state index in [9.17, 15) is 5.11 Å². The van der Waals surface area contributed by atoms with Crippen LogP contribution in [0.3, 0.4) is 0 Å². The third-order valence-corrected chi connectivity index (χ3v) is 3.37. The Balaban J connectivity index is 2.41. The van der Waals surface area contributed by atoms with Gasteiger partial charge in [-0.1, -0.05) is 11.6 Å². The maximum Gasteiger partial charge on any atom is 0.237 e. The van der Waals surface area contributed by atoms with Gasteiger partial charge in [0.25, 0.3) is 0 Å². The lowest BCUT2D eigenvalue weighted by Crippen LogP contribution is -1.88. The molecule has 1 aromatic carbocycles. The van der Waals surface area contributed by atoms with Gasteiger partial charge in [-0.05, 0) is 31.5 Å². The third kappa shape index (κ3) is 2.86. The highest BCUT2D eigenvalue weighted by Crippen LogP contribution is 2.35. The number of hydrogen-bond donors (Lipinski definition) is 1. The Morgan fingerprint density at radius 1 is 1.43 bits per heavy atom. The number of ether oxygens (including phenoxy) is 1. The van der Waals surface area contributed by atoms with Gasteiger partial charge in [-0.3, -0.25) is 0 Å². The van der Waals surface area contributed by atoms with E-state index in [2.05, 4.69) is 11.1 Å². The SMILES string of the molecule is COc1cc(C=Nc2oc(C)c(C)c2C#N)cc(Cl)c1O. The number of furan rings is 1. The number of phenols is 1. The van der Waals surface area contributed by atoms with Gasteiger partial charge in [-0.2, -0.15) is 5.26 Å². The zero-order valence-electron chi connectivity index (χ0n) is 11.8. The van der Waals surface area contributed by atoms with E-state index in [1.807, 2.05) is 0 Å². The average molecular weight is 305 g/mol. The summed E-state index contributed by atoms with van der Waals surface area (Å²) in [4.78, 5) is 4.17. The summed E-state index contributed by atoms with van der Waals surface area (Å²) in [6.07, 6.45) is 1.49. The summed E-state index contributed by atoms with van der Waals surface area (Å²) in [5, 5.41) is 18.9. The van der Waals surface area contributed by atoms with Crippen LogP contribution in [-0.2, 0) is 0 Å². The van der Waals surface area contributed by atoms with Gasteiger partial charge in [0.05, 0.1) is 12.1 Å². The fourth-order valence-corrected chi connectivity index (χ4v) is 2.01. The molecule has 6 heteroatoms. The number of aryl methyl sites for hydroxylation is 1. The van der Waals surface area contributed by atoms with E-state index >= 15 is 0 Å². The lowest BCUT2D eigenvalue weighted by molar-refractivity contribution is 0.373. The summed E-state index contributed by atoms with van der Waals surface area (Å²) < 4.78 is 10.4. The van der Waals surface area contributed by atoms with Gasteiger partial charge in [-0.25, -0.2) is 4.99 Å². The van der Waals surface area contributed by atoms with Crippen LogP contribution in [0.2, 0.25) is 5.02 Å². The molecule has 5 nitrogen and oxygen atoms in total. The molecule has 1 N–H and O–H groups in total. The monoisotopic (exact) mass is 304 g/mol. The minimum Gasteiger partial charge on any atom is -0.503 e. The lowest BCUT2D eigenvalue weighted by atomic mass is 10.2. The first kappa shape index (κ1) is 14.9. The second-order valence-corrected chi connectivity index (χ2v) is 4.79. The Hall–Kier alpha value is -2.45. The molecule has 0 atom stereocenters. The van der Waals surface area contributed by atoms with Crippen molar-refractivity contribution in [2.75, 3.05) is 7.11 Å². The fourth-order valence-electron chi connectivity index (χ4n) is 1.79. The molecular formula is C15H13ClN2O3. The first-order chi connectivity index (χ1) is 9.97. The smallest absolute Gasteiger partial charge is 0.237 e. The zero-order valence-corrected chi connectivity index (χ0v) is 12.5. The minimum absolute atomic E-state index is 0.126. The van der Waals surface area contributed by atoms with Gasteiger partial charge >= 0.3 is 0 Å². The van der Waals surface area contributed by atoms with Crippen molar-refractivity contribution in [1.82, 2.24) is 0 Å². The number of aromatic hydroxyl groups is 1. The number of methoxy groups -OCH3 is 1. The van der Waals surface area contributed by atoms with Gasteiger partial charge in [0.15, 0.2) is 11.5 Å². The topological polar surface area (TPSA) is 78.8 Å². The molecule has 0 bridgehead atoms. The van der Waals surface area contributed by atoms with Crippen LogP contribution >= 0.6 is 11.6 Å². The number of phenolic OH excluding ortho intramolecular Hbond substituents is 1. The van der Waals surface area contributed by atoms with Crippen LogP contribution in [0.5, 0.6) is 11.5 Å². The molecule has 1 aromatic heterocycles. The molecule has 21 heavy (non-hydrogen) atoms. The number of nitrogens with zero attached hydrogens (tertiary/aromatic N) is 2. The van der Waals surface area contributed by atoms with Crippen molar-refractivity contribution >= 4 is 23.7 Å². The van der Waals surface area contributed by atoms with Gasteiger partial charge in [0.2, 0.25) is 5.88 Å². The van der Waals surface area contributed by atoms with E-state index in [0.717, 1.165) is 5.56 Å². The molecule has 2 aromatic rings. The number of hydrogen-bond acceptors (Lipinski definition) is 5. The first-order valence-electron chi connectivity index (χ1n) is 6.08. The largest absolute Gasteiger partial charge is 0.503 e. The summed E-state index contributed by atoms with van der Waals surface area (Å²) in [7, 11) is 1.43. The molecule has 0 aliphatic carbocycles. The van der Waals surface area contributed by atoms with E-state index in [1.54, 1.807) is 19.9 Å². The van der Waals surface area contributed by atoms with Crippen LogP contribution < -0.4 is 4.74 Å². The van der Waals surface area contributed by atoms with Crippen LogP contribution in [0.1, 0.15) is 22.5 Å². The van der Waals surface area contributed by atoms with E-state index in [1.165, 1.54) is 19.4 Å². The Bertz CT molecular complexity index is 757. The Kier molecular flexibility index (Phi) is 4.20. The molecule has 2 rings (SSSR count). The molecule has 1 heterocycles. The Labute approximate surface area is 127 Å². The van der Waals surface area contributed by atoms with Gasteiger partial charge in [0.1, 0.15) is 17.4 Å². The van der Waals surface area contributed by atoms with Crippen LogP contribution in [0.15, 0.2) is 21.5 Å². The highest BCUT2D eigenvalue weighted by molar-refractivity contribution is 6.32. The Morgan fingerprint density at radius 2 is 2.14 bits per heavy atom. The molecule has 0 saturated carbocycles. The molecule has 108 valence electrons. The molecule has 0 radical (unpaired) electrons. The van der Waals surface area contributed by atoms with E-state index in [4.69, 9.17) is 26.0 Å². The predicted octanol–water partition coefficient (Wildman–Crippen LogP) is 3.89. The van der Waals surface area contributed by atoms with Crippen molar-refractivity contribution in [3.8, 4) is 17.6 Å². The highest BCUT2D eigenvalue weighted by atomic mass is 35.5. The standard InChI is InChI=1S/C15H13ClN2O3/c1-8-9(2)21-15(11(8)6-17)18-7-10-4-12(16)14(19)13(5-10)20-3/h4-5,7,19H,1-3H3. The van der Waals surface area contributed by atoms with Crippen molar-refractivity contribution in [2.24, 2.45) is 4.99 Å². The van der Waals surface area contributed by atoms with Gasteiger partial charge in [0, 0.05) is 11.8 Å². The second kappa shape index (κ2) is 5.90. The molecule has 0 saturated heterocycles. The van der Waals surface area contributed by atoms with Gasteiger partial charge in [-0.15, -0.1) is 0 Å². The molecular weight excluding hydrogens is 292 g/mol. The number of benzene rings is 1. The summed E-state index contributed by atoms with van der Waals surface area (Å²) in [6.45, 7) is 3.58. The number of nitriles is 1. The molecule has 0 spiro atoms. The normalized spacial score (nSPS) is 10.8. The van der Waals surface area contributed by atoms with Gasteiger partial charge < -0.3 is 14.3 Å².